The van der Waals surface area contributed by atoms with Crippen molar-refractivity contribution in [1.82, 2.24) is 15.5 Å². The zero-order chi connectivity index (χ0) is 18.6. The van der Waals surface area contributed by atoms with Gasteiger partial charge in [0.25, 0.3) is 0 Å². The van der Waals surface area contributed by atoms with Gasteiger partial charge in [0.05, 0.1) is 6.04 Å². The molecule has 1 aromatic rings. The van der Waals surface area contributed by atoms with Gasteiger partial charge in [0.2, 0.25) is 11.8 Å². The molecule has 154 valence electrons. The number of aryl methyl sites for hydroxylation is 1. The number of carbonyl (C=O) groups is 2. The highest BCUT2D eigenvalue weighted by Crippen LogP contribution is 2.38. The van der Waals surface area contributed by atoms with Crippen LogP contribution in [-0.4, -0.2) is 54.7 Å². The van der Waals surface area contributed by atoms with E-state index in [-0.39, 0.29) is 35.5 Å². The summed E-state index contributed by atoms with van der Waals surface area (Å²) in [6.45, 7) is 3.21. The number of hydrogen-bond acceptors (Lipinski definition) is 4. The van der Waals surface area contributed by atoms with Gasteiger partial charge in [-0.1, -0.05) is 24.3 Å². The number of likely N-dealkylation sites (tertiary alicyclic amines) is 1. The van der Waals surface area contributed by atoms with Crippen molar-refractivity contribution in [3.8, 4) is 0 Å². The fourth-order valence-corrected chi connectivity index (χ4v) is 5.75. The lowest BCUT2D eigenvalue weighted by Gasteiger charge is -2.36. The van der Waals surface area contributed by atoms with Crippen LogP contribution in [0.1, 0.15) is 42.1 Å². The zero-order valence-electron chi connectivity index (χ0n) is 16.2. The molecule has 7 heteroatoms. The molecular formula is C21H30ClN3O2S. The fourth-order valence-electron chi connectivity index (χ4n) is 4.47. The highest BCUT2D eigenvalue weighted by molar-refractivity contribution is 8.00. The summed E-state index contributed by atoms with van der Waals surface area (Å²) >= 11 is 1.77. The first-order valence-electron chi connectivity index (χ1n) is 10.2. The molecule has 2 saturated heterocycles. The van der Waals surface area contributed by atoms with Gasteiger partial charge in [-0.3, -0.25) is 9.59 Å². The minimum atomic E-state index is -0.0639. The quantitative estimate of drug-likeness (QED) is 0.781. The summed E-state index contributed by atoms with van der Waals surface area (Å²) in [6, 6.07) is 8.34. The SMILES string of the molecule is Cl.O=C(NCC1CCCN(C(=O)C2SCCc3ccccc32)C1)C1CCCN1. The number of carbonyl (C=O) groups excluding carboxylic acids is 2. The van der Waals surface area contributed by atoms with Crippen LogP contribution >= 0.6 is 24.2 Å². The largest absolute Gasteiger partial charge is 0.354 e. The topological polar surface area (TPSA) is 61.4 Å². The number of fused-ring (bicyclic) bond motifs is 1. The molecule has 1 aromatic carbocycles. The Hall–Kier alpha value is -1.24. The van der Waals surface area contributed by atoms with E-state index in [4.69, 9.17) is 0 Å². The van der Waals surface area contributed by atoms with Gasteiger partial charge in [-0.15, -0.1) is 24.2 Å². The standard InChI is InChI=1S/C21H29N3O2S.ClH/c25-20(18-8-3-10-22-18)23-13-15-5-4-11-24(14-15)21(26)19-17-7-2-1-6-16(17)9-12-27-19;/h1-2,6-7,15,18-19,22H,3-5,8-14H2,(H,23,25);1H. The van der Waals surface area contributed by atoms with Gasteiger partial charge < -0.3 is 15.5 Å². The van der Waals surface area contributed by atoms with Gasteiger partial charge in [0.1, 0.15) is 5.25 Å². The molecule has 3 aliphatic heterocycles. The lowest BCUT2D eigenvalue weighted by molar-refractivity contribution is -0.132. The van der Waals surface area contributed by atoms with E-state index in [2.05, 4.69) is 28.8 Å². The smallest absolute Gasteiger partial charge is 0.240 e. The molecule has 0 aliphatic carbocycles. The number of benzene rings is 1. The van der Waals surface area contributed by atoms with Crippen molar-refractivity contribution in [1.29, 1.82) is 0 Å². The molecule has 0 aromatic heterocycles. The molecule has 0 saturated carbocycles. The summed E-state index contributed by atoms with van der Waals surface area (Å²) in [4.78, 5) is 27.5. The first-order chi connectivity index (χ1) is 13.2. The normalized spacial score (nSPS) is 26.9. The summed E-state index contributed by atoms with van der Waals surface area (Å²) in [5, 5.41) is 6.28. The molecule has 0 radical (unpaired) electrons. The number of nitrogens with zero attached hydrogens (tertiary/aromatic N) is 1. The van der Waals surface area contributed by atoms with Crippen LogP contribution in [0.2, 0.25) is 0 Å². The second kappa shape index (κ2) is 9.99. The highest BCUT2D eigenvalue weighted by atomic mass is 35.5. The van der Waals surface area contributed by atoms with Crippen LogP contribution in [0.25, 0.3) is 0 Å². The number of amides is 2. The van der Waals surface area contributed by atoms with E-state index in [1.54, 1.807) is 11.8 Å². The number of piperidine rings is 1. The molecule has 2 fully saturated rings. The predicted molar refractivity (Wildman–Crippen MR) is 116 cm³/mol. The Labute approximate surface area is 177 Å². The summed E-state index contributed by atoms with van der Waals surface area (Å²) in [5.74, 6) is 1.74. The third-order valence-corrected chi connectivity index (χ3v) is 7.22. The van der Waals surface area contributed by atoms with Crippen molar-refractivity contribution in [2.45, 2.75) is 43.4 Å². The van der Waals surface area contributed by atoms with E-state index in [9.17, 15) is 9.59 Å². The third-order valence-electron chi connectivity index (χ3n) is 5.99. The van der Waals surface area contributed by atoms with Crippen LogP contribution in [0.3, 0.4) is 0 Å². The molecule has 5 nitrogen and oxygen atoms in total. The van der Waals surface area contributed by atoms with Crippen molar-refractivity contribution in [2.24, 2.45) is 5.92 Å². The number of hydrogen-bond donors (Lipinski definition) is 2. The van der Waals surface area contributed by atoms with Crippen LogP contribution in [0.15, 0.2) is 24.3 Å². The average molecular weight is 424 g/mol. The summed E-state index contributed by atoms with van der Waals surface area (Å²) in [7, 11) is 0. The Morgan fingerprint density at radius 3 is 2.89 bits per heavy atom. The monoisotopic (exact) mass is 423 g/mol. The van der Waals surface area contributed by atoms with Gasteiger partial charge >= 0.3 is 0 Å². The molecule has 3 unspecified atom stereocenters. The van der Waals surface area contributed by atoms with Crippen LogP contribution < -0.4 is 10.6 Å². The Bertz CT molecular complexity index is 696. The molecule has 0 spiro atoms. The molecule has 4 rings (SSSR count). The minimum Gasteiger partial charge on any atom is -0.354 e. The second-order valence-corrected chi connectivity index (χ2v) is 9.10. The number of nitrogens with one attached hydrogen (secondary N) is 2. The van der Waals surface area contributed by atoms with Crippen molar-refractivity contribution in [3.05, 3.63) is 35.4 Å². The van der Waals surface area contributed by atoms with E-state index < -0.39 is 0 Å². The summed E-state index contributed by atoms with van der Waals surface area (Å²) in [5.41, 5.74) is 2.51. The molecule has 3 heterocycles. The van der Waals surface area contributed by atoms with Gasteiger partial charge in [0.15, 0.2) is 0 Å². The third kappa shape index (κ3) is 4.84. The maximum atomic E-state index is 13.2. The van der Waals surface area contributed by atoms with E-state index in [0.717, 1.165) is 57.5 Å². The van der Waals surface area contributed by atoms with Crippen LogP contribution in [0, 0.1) is 5.92 Å². The molecule has 3 atom stereocenters. The minimum absolute atomic E-state index is 0. The number of rotatable bonds is 4. The molecular weight excluding hydrogens is 394 g/mol. The van der Waals surface area contributed by atoms with Gasteiger partial charge in [-0.05, 0) is 61.4 Å². The second-order valence-electron chi connectivity index (χ2n) is 7.89. The van der Waals surface area contributed by atoms with Crippen LogP contribution in [-0.2, 0) is 16.0 Å². The van der Waals surface area contributed by atoms with Crippen molar-refractivity contribution in [3.63, 3.8) is 0 Å². The van der Waals surface area contributed by atoms with Gasteiger partial charge in [-0.2, -0.15) is 0 Å². The van der Waals surface area contributed by atoms with Crippen molar-refractivity contribution < 1.29 is 9.59 Å². The lowest BCUT2D eigenvalue weighted by Crippen LogP contribution is -2.47. The van der Waals surface area contributed by atoms with E-state index in [1.165, 1.54) is 11.1 Å². The Balaban J connectivity index is 0.00000225. The Kier molecular flexibility index (Phi) is 7.66. The molecule has 3 aliphatic rings. The maximum Gasteiger partial charge on any atom is 0.240 e. The fraction of sp³-hybridized carbons (Fsp3) is 0.619. The van der Waals surface area contributed by atoms with Crippen LogP contribution in [0.4, 0.5) is 0 Å². The Morgan fingerprint density at radius 1 is 1.21 bits per heavy atom. The number of thioether (sulfide) groups is 1. The van der Waals surface area contributed by atoms with E-state index in [1.807, 2.05) is 11.0 Å². The predicted octanol–water partition coefficient (Wildman–Crippen LogP) is 2.55. The van der Waals surface area contributed by atoms with E-state index in [0.29, 0.717) is 12.5 Å². The first-order valence-corrected chi connectivity index (χ1v) is 11.3. The summed E-state index contributed by atoms with van der Waals surface area (Å²) in [6.07, 6.45) is 5.15. The Morgan fingerprint density at radius 2 is 2.07 bits per heavy atom. The lowest BCUT2D eigenvalue weighted by atomic mass is 9.96. The van der Waals surface area contributed by atoms with E-state index >= 15 is 0 Å². The molecule has 2 N–H and O–H groups in total. The van der Waals surface area contributed by atoms with Gasteiger partial charge in [-0.25, -0.2) is 0 Å². The van der Waals surface area contributed by atoms with Crippen molar-refractivity contribution in [2.75, 3.05) is 31.9 Å². The zero-order valence-corrected chi connectivity index (χ0v) is 17.8. The van der Waals surface area contributed by atoms with Crippen LogP contribution in [0.5, 0.6) is 0 Å². The molecule has 28 heavy (non-hydrogen) atoms. The maximum absolute atomic E-state index is 13.2. The molecule has 0 bridgehead atoms. The molecule has 2 amide bonds. The van der Waals surface area contributed by atoms with Gasteiger partial charge in [0, 0.05) is 19.6 Å². The number of halogens is 1. The average Bonchev–Trinajstić information content (AvgIpc) is 3.26. The van der Waals surface area contributed by atoms with Crippen molar-refractivity contribution >= 4 is 36.0 Å². The summed E-state index contributed by atoms with van der Waals surface area (Å²) < 4.78 is 0. The highest BCUT2D eigenvalue weighted by Gasteiger charge is 2.33. The first kappa shape index (κ1) is 21.5.